The third kappa shape index (κ3) is 4.23. The van der Waals surface area contributed by atoms with Crippen molar-refractivity contribution in [3.63, 3.8) is 0 Å². The Morgan fingerprint density at radius 2 is 2.33 bits per heavy atom. The SMILES string of the molecule is C=CCN=C(SC)C(=C)OCC. The van der Waals surface area contributed by atoms with Crippen LogP contribution in [-0.2, 0) is 4.74 Å². The van der Waals surface area contributed by atoms with Gasteiger partial charge in [0.1, 0.15) is 10.8 Å². The van der Waals surface area contributed by atoms with Crippen LogP contribution in [0, 0.1) is 0 Å². The molecule has 0 saturated heterocycles. The Balaban J connectivity index is 4.12. The topological polar surface area (TPSA) is 21.6 Å². The van der Waals surface area contributed by atoms with E-state index in [1.54, 1.807) is 6.08 Å². The van der Waals surface area contributed by atoms with Crippen LogP contribution in [0.5, 0.6) is 0 Å². The molecule has 0 saturated carbocycles. The third-order valence-electron chi connectivity index (χ3n) is 1.11. The van der Waals surface area contributed by atoms with Crippen LogP contribution in [0.25, 0.3) is 0 Å². The fourth-order valence-electron chi connectivity index (χ4n) is 0.650. The molecule has 2 nitrogen and oxygen atoms in total. The van der Waals surface area contributed by atoms with E-state index in [2.05, 4.69) is 18.2 Å². The molecule has 0 spiro atoms. The van der Waals surface area contributed by atoms with Crippen LogP contribution < -0.4 is 0 Å². The Morgan fingerprint density at radius 3 is 2.75 bits per heavy atom. The predicted octanol–water partition coefficient (Wildman–Crippen LogP) is 2.48. The summed E-state index contributed by atoms with van der Waals surface area (Å²) in [6.45, 7) is 10.5. The van der Waals surface area contributed by atoms with Crippen molar-refractivity contribution in [3.8, 4) is 0 Å². The molecule has 0 fully saturated rings. The average Bonchev–Trinajstić information content (AvgIpc) is 2.06. The van der Waals surface area contributed by atoms with E-state index in [4.69, 9.17) is 4.74 Å². The molecule has 0 unspecified atom stereocenters. The molecule has 0 aromatic rings. The summed E-state index contributed by atoms with van der Waals surface area (Å²) < 4.78 is 5.21. The van der Waals surface area contributed by atoms with Gasteiger partial charge in [-0.25, -0.2) is 0 Å². The van der Waals surface area contributed by atoms with Gasteiger partial charge in [-0.3, -0.25) is 4.99 Å². The number of hydrogen-bond donors (Lipinski definition) is 0. The van der Waals surface area contributed by atoms with Crippen LogP contribution in [0.3, 0.4) is 0 Å². The number of aliphatic imine (C=N–C) groups is 1. The number of thioether (sulfide) groups is 1. The second-order valence-electron chi connectivity index (χ2n) is 1.99. The molecule has 0 aliphatic rings. The molecule has 0 rings (SSSR count). The van der Waals surface area contributed by atoms with Gasteiger partial charge in [-0.1, -0.05) is 12.7 Å². The number of ether oxygens (including phenoxy) is 1. The molecule has 0 aliphatic carbocycles. The van der Waals surface area contributed by atoms with Crippen molar-refractivity contribution in [1.82, 2.24) is 0 Å². The summed E-state index contributed by atoms with van der Waals surface area (Å²) in [5.41, 5.74) is 0. The highest BCUT2D eigenvalue weighted by Crippen LogP contribution is 2.09. The maximum atomic E-state index is 5.21. The fraction of sp³-hybridized carbons (Fsp3) is 0.444. The Labute approximate surface area is 78.4 Å². The Hall–Kier alpha value is -0.700. The van der Waals surface area contributed by atoms with Crippen molar-refractivity contribution in [2.24, 2.45) is 4.99 Å². The van der Waals surface area contributed by atoms with E-state index in [9.17, 15) is 0 Å². The van der Waals surface area contributed by atoms with Crippen LogP contribution in [0.2, 0.25) is 0 Å². The minimum absolute atomic E-state index is 0.613. The van der Waals surface area contributed by atoms with Crippen molar-refractivity contribution < 1.29 is 4.74 Å². The summed E-state index contributed by atoms with van der Waals surface area (Å²) >= 11 is 1.54. The highest BCUT2D eigenvalue weighted by Gasteiger charge is 2.01. The summed E-state index contributed by atoms with van der Waals surface area (Å²) in [5.74, 6) is 0.645. The van der Waals surface area contributed by atoms with Crippen molar-refractivity contribution in [1.29, 1.82) is 0 Å². The van der Waals surface area contributed by atoms with Gasteiger partial charge < -0.3 is 4.74 Å². The van der Waals surface area contributed by atoms with Crippen molar-refractivity contribution in [2.45, 2.75) is 6.92 Å². The Morgan fingerprint density at radius 1 is 1.67 bits per heavy atom. The molecule has 0 heterocycles. The minimum Gasteiger partial charge on any atom is -0.492 e. The van der Waals surface area contributed by atoms with Crippen LogP contribution in [-0.4, -0.2) is 24.5 Å². The number of nitrogens with zero attached hydrogens (tertiary/aromatic N) is 1. The quantitative estimate of drug-likeness (QED) is 0.284. The van der Waals surface area contributed by atoms with E-state index < -0.39 is 0 Å². The molecule has 68 valence electrons. The highest BCUT2D eigenvalue weighted by atomic mass is 32.2. The van der Waals surface area contributed by atoms with Crippen LogP contribution in [0.4, 0.5) is 0 Å². The Kier molecular flexibility index (Phi) is 6.57. The summed E-state index contributed by atoms with van der Waals surface area (Å²) in [5, 5.41) is 0.844. The number of hydrogen-bond acceptors (Lipinski definition) is 3. The first-order chi connectivity index (χ1) is 5.76. The molecular formula is C9H15NOS. The van der Waals surface area contributed by atoms with Gasteiger partial charge >= 0.3 is 0 Å². The van der Waals surface area contributed by atoms with E-state index >= 15 is 0 Å². The van der Waals surface area contributed by atoms with Crippen molar-refractivity contribution >= 4 is 16.8 Å². The van der Waals surface area contributed by atoms with Gasteiger partial charge in [-0.2, -0.15) is 0 Å². The molecule has 0 bridgehead atoms. The van der Waals surface area contributed by atoms with E-state index in [1.165, 1.54) is 11.8 Å². The summed E-state index contributed by atoms with van der Waals surface area (Å²) in [4.78, 5) is 4.22. The normalized spacial score (nSPS) is 11.0. The van der Waals surface area contributed by atoms with Gasteiger partial charge in [-0.05, 0) is 13.2 Å². The lowest BCUT2D eigenvalue weighted by atomic mass is 10.5. The third-order valence-corrected chi connectivity index (χ3v) is 1.86. The smallest absolute Gasteiger partial charge is 0.143 e. The van der Waals surface area contributed by atoms with Crippen LogP contribution in [0.1, 0.15) is 6.92 Å². The fourth-order valence-corrected chi connectivity index (χ4v) is 1.14. The zero-order valence-electron chi connectivity index (χ0n) is 7.67. The van der Waals surface area contributed by atoms with E-state index in [1.807, 2.05) is 13.2 Å². The van der Waals surface area contributed by atoms with Gasteiger partial charge in [0, 0.05) is 0 Å². The van der Waals surface area contributed by atoms with Crippen LogP contribution in [0.15, 0.2) is 30.0 Å². The summed E-state index contributed by atoms with van der Waals surface area (Å²) in [6, 6.07) is 0. The van der Waals surface area contributed by atoms with Gasteiger partial charge in [0.15, 0.2) is 0 Å². The molecule has 3 heteroatoms. The first-order valence-electron chi connectivity index (χ1n) is 3.77. The van der Waals surface area contributed by atoms with E-state index in [0.29, 0.717) is 18.9 Å². The zero-order valence-corrected chi connectivity index (χ0v) is 8.49. The Bertz CT molecular complexity index is 187. The van der Waals surface area contributed by atoms with E-state index in [-0.39, 0.29) is 0 Å². The molecule has 0 aliphatic heterocycles. The first kappa shape index (κ1) is 11.3. The first-order valence-corrected chi connectivity index (χ1v) is 5.00. The highest BCUT2D eigenvalue weighted by molar-refractivity contribution is 8.13. The van der Waals surface area contributed by atoms with Gasteiger partial charge in [0.25, 0.3) is 0 Å². The lowest BCUT2D eigenvalue weighted by Crippen LogP contribution is -2.01. The van der Waals surface area contributed by atoms with Crippen LogP contribution >= 0.6 is 11.8 Å². The number of rotatable bonds is 5. The van der Waals surface area contributed by atoms with Gasteiger partial charge in [-0.15, -0.1) is 18.3 Å². The second kappa shape index (κ2) is 6.98. The molecule has 12 heavy (non-hydrogen) atoms. The average molecular weight is 185 g/mol. The second-order valence-corrected chi connectivity index (χ2v) is 2.79. The maximum Gasteiger partial charge on any atom is 0.143 e. The predicted molar refractivity (Wildman–Crippen MR) is 56.8 cm³/mol. The molecule has 0 radical (unpaired) electrons. The van der Waals surface area contributed by atoms with E-state index in [0.717, 1.165) is 5.04 Å². The zero-order chi connectivity index (χ0) is 9.40. The summed E-state index contributed by atoms with van der Waals surface area (Å²) in [7, 11) is 0. The maximum absolute atomic E-state index is 5.21. The van der Waals surface area contributed by atoms with Crippen molar-refractivity contribution in [3.05, 3.63) is 25.0 Å². The molecule has 0 amide bonds. The molecule has 0 N–H and O–H groups in total. The van der Waals surface area contributed by atoms with Gasteiger partial charge in [0.05, 0.1) is 13.2 Å². The largest absolute Gasteiger partial charge is 0.492 e. The lowest BCUT2D eigenvalue weighted by Gasteiger charge is -2.06. The molecule has 0 atom stereocenters. The summed E-state index contributed by atoms with van der Waals surface area (Å²) in [6.07, 6.45) is 3.70. The molecular weight excluding hydrogens is 170 g/mol. The van der Waals surface area contributed by atoms with Gasteiger partial charge in [0.2, 0.25) is 0 Å². The lowest BCUT2D eigenvalue weighted by molar-refractivity contribution is 0.252. The minimum atomic E-state index is 0.613. The monoisotopic (exact) mass is 185 g/mol. The molecule has 0 aromatic carbocycles. The standard InChI is InChI=1S/C9H15NOS/c1-5-7-10-9(12-4)8(3)11-6-2/h5H,1,3,6-7H2,2,4H3. The van der Waals surface area contributed by atoms with Crippen molar-refractivity contribution in [2.75, 3.05) is 19.4 Å². The molecule has 0 aromatic heterocycles.